The molecule has 7 heteroatoms. The summed E-state index contributed by atoms with van der Waals surface area (Å²) >= 11 is 1.81. The van der Waals surface area contributed by atoms with Crippen molar-refractivity contribution in [2.45, 2.75) is 58.0 Å². The van der Waals surface area contributed by atoms with Crippen molar-refractivity contribution in [3.05, 3.63) is 26.8 Å². The number of alkyl halides is 3. The standard InChI is InChI=1S/C19H24F3IO3/c1-4-18(17(24)25,9-11(2)3)13-7-14(19(20,21)22)16(15(23)8-13)26-10-12-5-6-12/h7-8,11-12H,4-6,9-10H2,1-3H3,(H,24,25). The van der Waals surface area contributed by atoms with Crippen molar-refractivity contribution < 1.29 is 27.8 Å². The van der Waals surface area contributed by atoms with Crippen molar-refractivity contribution in [1.29, 1.82) is 0 Å². The normalized spacial score (nSPS) is 17.2. The van der Waals surface area contributed by atoms with Gasteiger partial charge in [-0.15, -0.1) is 0 Å². The second kappa shape index (κ2) is 7.94. The number of ether oxygens (including phenoxy) is 1. The molecular formula is C19H24F3IO3. The van der Waals surface area contributed by atoms with Crippen LogP contribution < -0.4 is 4.74 Å². The minimum Gasteiger partial charge on any atom is -0.492 e. The number of halogens is 4. The van der Waals surface area contributed by atoms with Crippen LogP contribution in [-0.4, -0.2) is 17.7 Å². The van der Waals surface area contributed by atoms with Gasteiger partial charge in [-0.25, -0.2) is 0 Å². The fourth-order valence-corrected chi connectivity index (χ4v) is 4.02. The van der Waals surface area contributed by atoms with Crippen LogP contribution in [0.5, 0.6) is 5.75 Å². The third kappa shape index (κ3) is 4.64. The van der Waals surface area contributed by atoms with Crippen LogP contribution in [0.25, 0.3) is 0 Å². The fraction of sp³-hybridized carbons (Fsp3) is 0.632. The Morgan fingerprint density at radius 1 is 1.35 bits per heavy atom. The molecule has 0 amide bonds. The number of rotatable bonds is 8. The van der Waals surface area contributed by atoms with Crippen LogP contribution in [0.3, 0.4) is 0 Å². The highest BCUT2D eigenvalue weighted by Gasteiger charge is 2.43. The lowest BCUT2D eigenvalue weighted by atomic mass is 9.72. The number of benzene rings is 1. The quantitative estimate of drug-likeness (QED) is 0.469. The summed E-state index contributed by atoms with van der Waals surface area (Å²) in [7, 11) is 0. The molecule has 1 aliphatic rings. The number of hydrogen-bond donors (Lipinski definition) is 1. The van der Waals surface area contributed by atoms with Crippen LogP contribution in [-0.2, 0) is 16.4 Å². The van der Waals surface area contributed by atoms with Gasteiger partial charge < -0.3 is 9.84 Å². The molecule has 1 N–H and O–H groups in total. The molecule has 0 radical (unpaired) electrons. The second-order valence-electron chi connectivity index (χ2n) is 7.43. The van der Waals surface area contributed by atoms with Gasteiger partial charge in [-0.1, -0.05) is 20.8 Å². The summed E-state index contributed by atoms with van der Waals surface area (Å²) in [6, 6.07) is 2.52. The van der Waals surface area contributed by atoms with Crippen molar-refractivity contribution in [3.8, 4) is 5.75 Å². The largest absolute Gasteiger partial charge is 0.492 e. The maximum Gasteiger partial charge on any atom is 0.420 e. The van der Waals surface area contributed by atoms with E-state index in [0.717, 1.165) is 18.9 Å². The van der Waals surface area contributed by atoms with E-state index in [1.54, 1.807) is 6.92 Å². The summed E-state index contributed by atoms with van der Waals surface area (Å²) in [6.07, 6.45) is -2.17. The highest BCUT2D eigenvalue weighted by molar-refractivity contribution is 14.1. The minimum absolute atomic E-state index is 0.0313. The van der Waals surface area contributed by atoms with Crippen molar-refractivity contribution in [3.63, 3.8) is 0 Å². The number of aliphatic carboxylic acids is 1. The molecule has 1 aliphatic carbocycles. The summed E-state index contributed by atoms with van der Waals surface area (Å²) in [5.41, 5.74) is -2.04. The second-order valence-corrected chi connectivity index (χ2v) is 8.59. The molecule has 1 unspecified atom stereocenters. The van der Waals surface area contributed by atoms with E-state index >= 15 is 0 Å². The van der Waals surface area contributed by atoms with E-state index in [1.165, 1.54) is 6.07 Å². The summed E-state index contributed by atoms with van der Waals surface area (Å²) in [5.74, 6) is -0.928. The molecule has 146 valence electrons. The van der Waals surface area contributed by atoms with Gasteiger partial charge in [0.15, 0.2) is 0 Å². The van der Waals surface area contributed by atoms with Crippen molar-refractivity contribution in [2.24, 2.45) is 11.8 Å². The van der Waals surface area contributed by atoms with E-state index in [9.17, 15) is 23.1 Å². The highest BCUT2D eigenvalue weighted by atomic mass is 127. The average molecular weight is 484 g/mol. The Balaban J connectivity index is 2.57. The Bertz CT molecular complexity index is 669. The summed E-state index contributed by atoms with van der Waals surface area (Å²) in [5, 5.41) is 9.85. The lowest BCUT2D eigenvalue weighted by molar-refractivity contribution is -0.145. The first-order chi connectivity index (χ1) is 12.0. The molecule has 3 nitrogen and oxygen atoms in total. The first kappa shape index (κ1) is 21.3. The van der Waals surface area contributed by atoms with Crippen LogP contribution in [0.15, 0.2) is 12.1 Å². The van der Waals surface area contributed by atoms with Crippen LogP contribution in [0.1, 0.15) is 57.6 Å². The van der Waals surface area contributed by atoms with Crippen LogP contribution in [0.4, 0.5) is 13.2 Å². The zero-order chi connectivity index (χ0) is 19.7. The van der Waals surface area contributed by atoms with E-state index < -0.39 is 23.1 Å². The Morgan fingerprint density at radius 2 is 1.96 bits per heavy atom. The molecule has 0 bridgehead atoms. The first-order valence-corrected chi connectivity index (χ1v) is 9.86. The Labute approximate surface area is 165 Å². The lowest BCUT2D eigenvalue weighted by Crippen LogP contribution is -2.37. The van der Waals surface area contributed by atoms with Gasteiger partial charge in [0.25, 0.3) is 0 Å². The van der Waals surface area contributed by atoms with E-state index in [-0.39, 0.29) is 36.7 Å². The average Bonchev–Trinajstić information content (AvgIpc) is 3.33. The van der Waals surface area contributed by atoms with Crippen LogP contribution >= 0.6 is 22.6 Å². The smallest absolute Gasteiger partial charge is 0.420 e. The van der Waals surface area contributed by atoms with Crippen molar-refractivity contribution >= 4 is 28.6 Å². The lowest BCUT2D eigenvalue weighted by Gasteiger charge is -2.32. The van der Waals surface area contributed by atoms with Gasteiger partial charge in [0.05, 0.1) is 21.2 Å². The van der Waals surface area contributed by atoms with Gasteiger partial charge in [-0.05, 0) is 77.8 Å². The molecule has 1 fully saturated rings. The predicted octanol–water partition coefficient (Wildman–Crippen LogP) is 5.88. The molecule has 2 rings (SSSR count). The summed E-state index contributed by atoms with van der Waals surface area (Å²) in [4.78, 5) is 12.1. The molecule has 1 aromatic rings. The Hall–Kier alpha value is -0.990. The van der Waals surface area contributed by atoms with Crippen molar-refractivity contribution in [2.75, 3.05) is 6.61 Å². The molecular weight excluding hydrogens is 460 g/mol. The van der Waals surface area contributed by atoms with Gasteiger partial charge in [0, 0.05) is 0 Å². The minimum atomic E-state index is -4.61. The topological polar surface area (TPSA) is 46.5 Å². The van der Waals surface area contributed by atoms with E-state index in [0.29, 0.717) is 9.49 Å². The van der Waals surface area contributed by atoms with Gasteiger partial charge >= 0.3 is 12.1 Å². The van der Waals surface area contributed by atoms with E-state index in [2.05, 4.69) is 0 Å². The maximum absolute atomic E-state index is 13.7. The van der Waals surface area contributed by atoms with Crippen LogP contribution in [0, 0.1) is 15.4 Å². The number of carbonyl (C=O) groups is 1. The van der Waals surface area contributed by atoms with Gasteiger partial charge in [-0.2, -0.15) is 13.2 Å². The molecule has 0 heterocycles. The Kier molecular flexibility index (Phi) is 6.51. The highest BCUT2D eigenvalue weighted by Crippen LogP contribution is 2.45. The van der Waals surface area contributed by atoms with E-state index in [1.807, 2.05) is 36.4 Å². The predicted molar refractivity (Wildman–Crippen MR) is 101 cm³/mol. The third-order valence-electron chi connectivity index (χ3n) is 4.83. The molecule has 1 saturated carbocycles. The first-order valence-electron chi connectivity index (χ1n) is 8.78. The SMILES string of the molecule is CCC(CC(C)C)(C(=O)O)c1cc(I)c(OCC2CC2)c(C(F)(F)F)c1. The zero-order valence-electron chi connectivity index (χ0n) is 15.1. The monoisotopic (exact) mass is 484 g/mol. The Morgan fingerprint density at radius 3 is 2.38 bits per heavy atom. The van der Waals surface area contributed by atoms with Gasteiger partial charge in [0.2, 0.25) is 0 Å². The molecule has 1 aromatic carbocycles. The van der Waals surface area contributed by atoms with Gasteiger partial charge in [0.1, 0.15) is 5.75 Å². The molecule has 26 heavy (non-hydrogen) atoms. The molecule has 1 atom stereocenters. The molecule has 0 aromatic heterocycles. The molecule has 0 aliphatic heterocycles. The van der Waals surface area contributed by atoms with Gasteiger partial charge in [-0.3, -0.25) is 4.79 Å². The number of hydrogen-bond acceptors (Lipinski definition) is 2. The van der Waals surface area contributed by atoms with E-state index in [4.69, 9.17) is 4.74 Å². The zero-order valence-corrected chi connectivity index (χ0v) is 17.3. The number of carboxylic acids is 1. The maximum atomic E-state index is 13.7. The number of carboxylic acid groups (broad SMARTS) is 1. The van der Waals surface area contributed by atoms with Crippen molar-refractivity contribution in [1.82, 2.24) is 0 Å². The fourth-order valence-electron chi connectivity index (χ4n) is 3.24. The summed E-state index contributed by atoms with van der Waals surface area (Å²) in [6.45, 7) is 5.71. The third-order valence-corrected chi connectivity index (χ3v) is 5.63. The molecule has 0 spiro atoms. The summed E-state index contributed by atoms with van der Waals surface area (Å²) < 4.78 is 46.8. The van der Waals surface area contributed by atoms with Crippen LogP contribution in [0.2, 0.25) is 0 Å². The molecule has 0 saturated heterocycles.